The molecule has 4 amide bonds. The van der Waals surface area contributed by atoms with Gasteiger partial charge < -0.3 is 51.7 Å². The lowest BCUT2D eigenvalue weighted by Crippen LogP contribution is -2.28. The Hall–Kier alpha value is -10.4. The van der Waals surface area contributed by atoms with Gasteiger partial charge in [0.15, 0.2) is 5.71 Å². The normalized spacial score (nSPS) is 14.3. The van der Waals surface area contributed by atoms with Crippen molar-refractivity contribution in [3.63, 3.8) is 0 Å². The van der Waals surface area contributed by atoms with Crippen molar-refractivity contribution in [1.82, 2.24) is 31.2 Å². The number of rotatable bonds is 18. The maximum atomic E-state index is 13.1. The maximum Gasteiger partial charge on any atom is 0.303 e. The first-order valence-corrected chi connectivity index (χ1v) is 27.1. The summed E-state index contributed by atoms with van der Waals surface area (Å²) in [6.45, 7) is 2.73. The molecule has 2 aliphatic carbocycles. The minimum Gasteiger partial charge on any atom is -0.506 e. The molecule has 0 radical (unpaired) electrons. The third-order valence-corrected chi connectivity index (χ3v) is 13.5. The minimum absolute atomic E-state index is 0.0180. The van der Waals surface area contributed by atoms with E-state index in [1.807, 2.05) is 58.0 Å². The number of pyridine rings is 2. The zero-order valence-electron chi connectivity index (χ0n) is 45.7. The number of Topliss-reactive ketones (excluding diaryl/α,β-unsaturated/α-hetero) is 1. The molecule has 6 heterocycles. The van der Waals surface area contributed by atoms with Crippen LogP contribution in [0, 0.1) is 0 Å². The first-order chi connectivity index (χ1) is 40.4. The predicted octanol–water partition coefficient (Wildman–Crippen LogP) is 6.19. The van der Waals surface area contributed by atoms with E-state index >= 15 is 0 Å². The minimum atomic E-state index is -0.915. The Morgan fingerprint density at radius 1 is 0.452 bits per heavy atom. The van der Waals surface area contributed by atoms with Crippen LogP contribution in [0.25, 0.3) is 5.57 Å². The van der Waals surface area contributed by atoms with Crippen molar-refractivity contribution in [2.75, 3.05) is 31.1 Å². The van der Waals surface area contributed by atoms with Crippen molar-refractivity contribution >= 4 is 70.3 Å². The number of carbonyl (C=O) groups excluding carboxylic acids is 5. The molecule has 0 unspecified atom stereocenters. The maximum absolute atomic E-state index is 13.1. The molecule has 3 aromatic carbocycles. The first kappa shape index (κ1) is 61.2. The largest absolute Gasteiger partial charge is 0.506 e. The van der Waals surface area contributed by atoms with Crippen molar-refractivity contribution in [3.05, 3.63) is 201 Å². The number of allylic oxidation sites excluding steroid dienone is 7. The van der Waals surface area contributed by atoms with Gasteiger partial charge in [-0.25, -0.2) is 14.5 Å². The van der Waals surface area contributed by atoms with Gasteiger partial charge in [0.1, 0.15) is 41.6 Å². The van der Waals surface area contributed by atoms with Crippen LogP contribution < -0.4 is 26.2 Å². The number of aliphatic carboxylic acids is 4. The monoisotopic (exact) mass is 1140 g/mol. The highest BCUT2D eigenvalue weighted by atomic mass is 16.4. The van der Waals surface area contributed by atoms with E-state index in [9.17, 15) is 48.3 Å². The number of aliphatic hydroxyl groups excluding tert-OH is 1. The van der Waals surface area contributed by atoms with E-state index < -0.39 is 47.5 Å². The Bertz CT molecular complexity index is 3190. The number of carbonyl (C=O) groups is 9. The molecule has 22 nitrogen and oxygen atoms in total. The number of benzene rings is 3. The summed E-state index contributed by atoms with van der Waals surface area (Å²) in [4.78, 5) is 118. The topological polar surface area (TPSA) is 335 Å². The van der Waals surface area contributed by atoms with Crippen LogP contribution in [-0.2, 0) is 50.2 Å². The molecule has 84 heavy (non-hydrogen) atoms. The molecule has 0 spiro atoms. The summed E-state index contributed by atoms with van der Waals surface area (Å²) in [5.41, 5.74) is 6.80. The summed E-state index contributed by atoms with van der Waals surface area (Å²) in [6, 6.07) is 31.1. The van der Waals surface area contributed by atoms with Crippen LogP contribution >= 0.6 is 0 Å². The van der Waals surface area contributed by atoms with Crippen LogP contribution in [0.5, 0.6) is 0 Å². The molecule has 0 saturated heterocycles. The number of aliphatic hydroxyl groups is 1. The summed E-state index contributed by atoms with van der Waals surface area (Å²) in [5.74, 6) is -5.73. The van der Waals surface area contributed by atoms with Crippen LogP contribution in [-0.4, -0.2) is 125 Å². The summed E-state index contributed by atoms with van der Waals surface area (Å²) in [5, 5.41) is 58.0. The molecule has 8 bridgehead atoms. The van der Waals surface area contributed by atoms with Crippen molar-refractivity contribution in [3.8, 4) is 0 Å². The molecule has 0 fully saturated rings. The molecule has 2 aromatic heterocycles. The second kappa shape index (κ2) is 29.9. The van der Waals surface area contributed by atoms with Gasteiger partial charge >= 0.3 is 23.9 Å². The summed E-state index contributed by atoms with van der Waals surface area (Å²) < 4.78 is 1.90. The van der Waals surface area contributed by atoms with Gasteiger partial charge in [0.05, 0.1) is 24.0 Å². The van der Waals surface area contributed by atoms with Gasteiger partial charge in [-0.15, -0.1) is 0 Å². The molecule has 22 heteroatoms. The van der Waals surface area contributed by atoms with E-state index in [0.717, 1.165) is 33.7 Å². The van der Waals surface area contributed by atoms with E-state index in [1.165, 1.54) is 0 Å². The Balaban J connectivity index is 0.000000242. The van der Waals surface area contributed by atoms with Gasteiger partial charge in [0.25, 0.3) is 23.6 Å². The number of carboxylic acids is 4. The van der Waals surface area contributed by atoms with Crippen molar-refractivity contribution in [2.24, 2.45) is 0 Å². The van der Waals surface area contributed by atoms with Crippen LogP contribution in [0.3, 0.4) is 0 Å². The smallest absolute Gasteiger partial charge is 0.303 e. The number of aromatic nitrogens is 2. The number of hydrogen-bond donors (Lipinski definition) is 9. The number of ketones is 1. The Labute approximate surface area is 482 Å². The molecule has 5 aromatic rings. The Morgan fingerprint density at radius 3 is 1.13 bits per heavy atom. The number of anilines is 1. The second-order valence-electron chi connectivity index (χ2n) is 19.7. The SMILES string of the molecule is O=C(O)CCCN(CCCC(=O)O)c1ccc(C2=C(O)C(=C3C=CC(=[N+](CCCC(=O)O)CCCC(=O)O)C=C3)C2=O)cc1.O=C1NCc2ccc(cc2)CNC(=O)c2cccc(n2)C(=O)NCc2ccc(cc2)CNC(=O)c2cccc1n2. The summed E-state index contributed by atoms with van der Waals surface area (Å²) in [7, 11) is 0. The van der Waals surface area contributed by atoms with Gasteiger partial charge in [0, 0.05) is 82.8 Å². The molecule has 6 aliphatic rings. The van der Waals surface area contributed by atoms with Crippen LogP contribution in [0.1, 0.15) is 121 Å². The average Bonchev–Trinajstić information content (AvgIpc) is 1.08. The lowest BCUT2D eigenvalue weighted by Gasteiger charge is -2.26. The third kappa shape index (κ3) is 17.8. The number of carboxylic acid groups (broad SMARTS) is 4. The third-order valence-electron chi connectivity index (χ3n) is 13.5. The van der Waals surface area contributed by atoms with Crippen molar-refractivity contribution < 1.29 is 73.3 Å². The molecule has 9 N–H and O–H groups in total. The zero-order valence-corrected chi connectivity index (χ0v) is 45.7. The van der Waals surface area contributed by atoms with Gasteiger partial charge in [-0.2, -0.15) is 0 Å². The van der Waals surface area contributed by atoms with Gasteiger partial charge in [-0.3, -0.25) is 43.2 Å². The van der Waals surface area contributed by atoms with E-state index in [0.29, 0.717) is 63.0 Å². The molecule has 0 saturated carbocycles. The Morgan fingerprint density at radius 2 is 0.798 bits per heavy atom. The number of nitrogens with one attached hydrogen (secondary N) is 4. The molecule has 4 aliphatic heterocycles. The summed E-state index contributed by atoms with van der Waals surface area (Å²) in [6.07, 6.45) is 8.33. The predicted molar refractivity (Wildman–Crippen MR) is 307 cm³/mol. The first-order valence-electron chi connectivity index (χ1n) is 27.1. The molecular weight excluding hydrogens is 1080 g/mol. The van der Waals surface area contributed by atoms with E-state index in [2.05, 4.69) is 31.2 Å². The zero-order chi connectivity index (χ0) is 60.1. The lowest BCUT2D eigenvalue weighted by atomic mass is 9.80. The van der Waals surface area contributed by atoms with Crippen LogP contribution in [0.4, 0.5) is 5.69 Å². The molecule has 434 valence electrons. The highest BCUT2D eigenvalue weighted by molar-refractivity contribution is 6.39. The van der Waals surface area contributed by atoms with Gasteiger partial charge in [-0.05, 0) is 94.8 Å². The highest BCUT2D eigenvalue weighted by Crippen LogP contribution is 2.39. The quantitative estimate of drug-likeness (QED) is 0.0349. The number of amides is 4. The van der Waals surface area contributed by atoms with E-state index in [1.54, 1.807) is 85.0 Å². The Kier molecular flexibility index (Phi) is 21.8. The van der Waals surface area contributed by atoms with Crippen molar-refractivity contribution in [2.45, 2.75) is 77.5 Å². The fraction of sp³-hybridized carbons (Fsp3) is 0.258. The standard InChI is InChI=1S/C32H36N2O10.C30H26N6O4/c35-25(36)5-1-17-33(18-2-6-26(37)38)23-13-9-21(10-14-23)29-31(43)30(32(29)44)22-11-15-24(16-12-22)34(19-3-7-27(39)40)20-4-8-28(41)42;37-27-23-3-1-4-24(35-23)28(38)32-16-20-9-13-22(14-10-20)18-34-30(40)26-6-2-5-25(36-26)29(39)33-17-21-11-7-19(8-12-21)15-31-27/h9-16H,1-8,17-20H2,(H4-,35,36,37,38,39,40,41,42,43,44);1-14H,15-18H2,(H,31,37)(H,32,38)(H,33,39)(H,34,40)/p+1. The second-order valence-corrected chi connectivity index (χ2v) is 19.7. The van der Waals surface area contributed by atoms with Crippen LogP contribution in [0.2, 0.25) is 0 Å². The molecular formula is C62H63N8O14+. The fourth-order valence-electron chi connectivity index (χ4n) is 9.06. The number of nitrogens with zero attached hydrogens (tertiary/aromatic N) is 4. The summed E-state index contributed by atoms with van der Waals surface area (Å²) >= 11 is 0. The van der Waals surface area contributed by atoms with E-state index in [-0.39, 0.29) is 97.3 Å². The average molecular weight is 1140 g/mol. The fourth-order valence-corrected chi connectivity index (χ4v) is 9.06. The van der Waals surface area contributed by atoms with E-state index in [4.69, 9.17) is 20.4 Å². The van der Waals surface area contributed by atoms with Crippen LogP contribution in [0.15, 0.2) is 150 Å². The molecule has 0 atom stereocenters. The van der Waals surface area contributed by atoms with Crippen molar-refractivity contribution in [1.29, 1.82) is 0 Å². The lowest BCUT2D eigenvalue weighted by molar-refractivity contribution is -0.527. The number of hydrogen-bond acceptors (Lipinski definition) is 13. The molecule has 11 rings (SSSR count). The van der Waals surface area contributed by atoms with Gasteiger partial charge in [0.2, 0.25) is 5.78 Å². The highest BCUT2D eigenvalue weighted by Gasteiger charge is 2.37. The van der Waals surface area contributed by atoms with Gasteiger partial charge in [-0.1, -0.05) is 72.8 Å².